The van der Waals surface area contributed by atoms with Crippen LogP contribution in [0.2, 0.25) is 0 Å². The fraction of sp³-hybridized carbons (Fsp3) is 0.750. The van der Waals surface area contributed by atoms with Gasteiger partial charge in [0, 0.05) is 42.7 Å². The Hall–Kier alpha value is -0.880. The predicted molar refractivity (Wildman–Crippen MR) is 75.6 cm³/mol. The average molecular weight is 273 g/mol. The first kappa shape index (κ1) is 15.2. The SMILES string of the molecule is COCC(C)n1cc(C)nc1NCCCS(C)=O. The number of aryl methyl sites for hydroxylation is 1. The van der Waals surface area contributed by atoms with E-state index in [-0.39, 0.29) is 6.04 Å². The third-order valence-corrected chi connectivity index (χ3v) is 3.49. The zero-order chi connectivity index (χ0) is 13.5. The molecule has 0 aliphatic carbocycles. The minimum atomic E-state index is -0.723. The van der Waals surface area contributed by atoms with Crippen molar-refractivity contribution in [3.63, 3.8) is 0 Å². The van der Waals surface area contributed by atoms with E-state index in [1.165, 1.54) is 0 Å². The zero-order valence-corrected chi connectivity index (χ0v) is 12.4. The first-order valence-corrected chi connectivity index (χ1v) is 7.85. The van der Waals surface area contributed by atoms with Gasteiger partial charge >= 0.3 is 0 Å². The van der Waals surface area contributed by atoms with E-state index in [4.69, 9.17) is 4.74 Å². The minimum Gasteiger partial charge on any atom is -0.383 e. The van der Waals surface area contributed by atoms with Gasteiger partial charge in [0.1, 0.15) is 0 Å². The molecular formula is C12H23N3O2S. The second kappa shape index (κ2) is 7.53. The number of anilines is 1. The first-order valence-electron chi connectivity index (χ1n) is 6.13. The summed E-state index contributed by atoms with van der Waals surface area (Å²) < 4.78 is 18.2. The zero-order valence-electron chi connectivity index (χ0n) is 11.6. The van der Waals surface area contributed by atoms with Crippen molar-refractivity contribution in [1.29, 1.82) is 0 Å². The predicted octanol–water partition coefficient (Wildman–Crippen LogP) is 1.58. The first-order chi connectivity index (χ1) is 8.54. The van der Waals surface area contributed by atoms with Crippen LogP contribution in [0.15, 0.2) is 6.20 Å². The van der Waals surface area contributed by atoms with E-state index < -0.39 is 10.8 Å². The van der Waals surface area contributed by atoms with Gasteiger partial charge < -0.3 is 14.6 Å². The van der Waals surface area contributed by atoms with E-state index in [9.17, 15) is 4.21 Å². The van der Waals surface area contributed by atoms with Crippen molar-refractivity contribution in [3.05, 3.63) is 11.9 Å². The highest BCUT2D eigenvalue weighted by Gasteiger charge is 2.11. The summed E-state index contributed by atoms with van der Waals surface area (Å²) in [6.45, 7) is 5.51. The van der Waals surface area contributed by atoms with E-state index in [2.05, 4.69) is 21.8 Å². The van der Waals surface area contributed by atoms with Gasteiger partial charge in [-0.1, -0.05) is 0 Å². The van der Waals surface area contributed by atoms with Crippen molar-refractivity contribution >= 4 is 16.7 Å². The minimum absolute atomic E-state index is 0.249. The van der Waals surface area contributed by atoms with Crippen LogP contribution in [0.1, 0.15) is 25.1 Å². The van der Waals surface area contributed by atoms with Crippen molar-refractivity contribution in [1.82, 2.24) is 9.55 Å². The molecule has 5 nitrogen and oxygen atoms in total. The quantitative estimate of drug-likeness (QED) is 0.731. The van der Waals surface area contributed by atoms with Crippen LogP contribution in [-0.4, -0.2) is 46.0 Å². The van der Waals surface area contributed by atoms with Crippen molar-refractivity contribution in [2.75, 3.05) is 37.6 Å². The van der Waals surface area contributed by atoms with E-state index >= 15 is 0 Å². The Morgan fingerprint density at radius 3 is 2.94 bits per heavy atom. The Morgan fingerprint density at radius 1 is 1.61 bits per heavy atom. The molecule has 18 heavy (non-hydrogen) atoms. The van der Waals surface area contributed by atoms with Crippen molar-refractivity contribution < 1.29 is 8.95 Å². The van der Waals surface area contributed by atoms with Gasteiger partial charge in [-0.15, -0.1) is 0 Å². The van der Waals surface area contributed by atoms with Crippen LogP contribution in [0.3, 0.4) is 0 Å². The molecule has 1 N–H and O–H groups in total. The molecular weight excluding hydrogens is 250 g/mol. The highest BCUT2D eigenvalue weighted by Crippen LogP contribution is 2.16. The summed E-state index contributed by atoms with van der Waals surface area (Å²) in [5, 5.41) is 3.29. The Kier molecular flexibility index (Phi) is 6.35. The maximum atomic E-state index is 11.0. The van der Waals surface area contributed by atoms with Crippen LogP contribution >= 0.6 is 0 Å². The molecule has 0 aliphatic rings. The van der Waals surface area contributed by atoms with Crippen LogP contribution in [-0.2, 0) is 15.5 Å². The van der Waals surface area contributed by atoms with Crippen LogP contribution in [0, 0.1) is 6.92 Å². The molecule has 0 spiro atoms. The number of nitrogens with one attached hydrogen (secondary N) is 1. The van der Waals surface area contributed by atoms with E-state index in [0.717, 1.165) is 30.4 Å². The average Bonchev–Trinajstić information content (AvgIpc) is 2.66. The van der Waals surface area contributed by atoms with Gasteiger partial charge in [0.25, 0.3) is 0 Å². The molecule has 1 aromatic rings. The van der Waals surface area contributed by atoms with Crippen LogP contribution < -0.4 is 5.32 Å². The number of rotatable bonds is 8. The van der Waals surface area contributed by atoms with Crippen LogP contribution in [0.25, 0.3) is 0 Å². The van der Waals surface area contributed by atoms with Crippen molar-refractivity contribution in [2.24, 2.45) is 0 Å². The summed E-state index contributed by atoms with van der Waals surface area (Å²) in [6, 6.07) is 0.249. The number of aromatic nitrogens is 2. The highest BCUT2D eigenvalue weighted by atomic mass is 32.2. The molecule has 0 saturated heterocycles. The molecule has 1 rings (SSSR count). The fourth-order valence-corrected chi connectivity index (χ4v) is 2.33. The van der Waals surface area contributed by atoms with Gasteiger partial charge in [0.15, 0.2) is 0 Å². The number of nitrogens with zero attached hydrogens (tertiary/aromatic N) is 2. The van der Waals surface area contributed by atoms with Crippen LogP contribution in [0.4, 0.5) is 5.95 Å². The smallest absolute Gasteiger partial charge is 0.203 e. The normalized spacial score (nSPS) is 14.4. The summed E-state index contributed by atoms with van der Waals surface area (Å²) in [5.74, 6) is 1.58. The van der Waals surface area contributed by atoms with Crippen LogP contribution in [0.5, 0.6) is 0 Å². The van der Waals surface area contributed by atoms with Gasteiger partial charge in [0.2, 0.25) is 5.95 Å². The lowest BCUT2D eigenvalue weighted by molar-refractivity contribution is 0.163. The molecule has 1 heterocycles. The summed E-state index contributed by atoms with van der Waals surface area (Å²) in [5.41, 5.74) is 0.986. The maximum Gasteiger partial charge on any atom is 0.203 e. The summed E-state index contributed by atoms with van der Waals surface area (Å²) in [6.07, 6.45) is 4.63. The molecule has 0 saturated carbocycles. The number of hydrogen-bond acceptors (Lipinski definition) is 4. The third-order valence-electron chi connectivity index (χ3n) is 2.63. The lowest BCUT2D eigenvalue weighted by atomic mass is 10.3. The molecule has 104 valence electrons. The van der Waals surface area contributed by atoms with Crippen molar-refractivity contribution in [3.8, 4) is 0 Å². The Balaban J connectivity index is 2.56. The van der Waals surface area contributed by atoms with Crippen molar-refractivity contribution in [2.45, 2.75) is 26.3 Å². The number of imidazole rings is 1. The molecule has 1 aromatic heterocycles. The molecule has 0 bridgehead atoms. The number of ether oxygens (including phenoxy) is 1. The molecule has 2 atom stereocenters. The van der Waals surface area contributed by atoms with Gasteiger partial charge in [-0.3, -0.25) is 4.21 Å². The van der Waals surface area contributed by atoms with E-state index in [0.29, 0.717) is 6.61 Å². The molecule has 2 unspecified atom stereocenters. The summed E-state index contributed by atoms with van der Waals surface area (Å²) in [7, 11) is 0.976. The second-order valence-corrected chi connectivity index (χ2v) is 6.03. The summed E-state index contributed by atoms with van der Waals surface area (Å²) in [4.78, 5) is 4.45. The molecule has 0 aromatic carbocycles. The monoisotopic (exact) mass is 273 g/mol. The number of hydrogen-bond donors (Lipinski definition) is 1. The van der Waals surface area contributed by atoms with Gasteiger partial charge in [-0.05, 0) is 20.3 Å². The highest BCUT2D eigenvalue weighted by molar-refractivity contribution is 7.84. The molecule has 0 fully saturated rings. The van der Waals surface area contributed by atoms with Gasteiger partial charge in [-0.2, -0.15) is 0 Å². The molecule has 0 aliphatic heterocycles. The van der Waals surface area contributed by atoms with Gasteiger partial charge in [-0.25, -0.2) is 4.98 Å². The second-order valence-electron chi connectivity index (χ2n) is 4.48. The van der Waals surface area contributed by atoms with E-state index in [1.54, 1.807) is 13.4 Å². The third kappa shape index (κ3) is 4.78. The number of methoxy groups -OCH3 is 1. The standard InChI is InChI=1S/C12H23N3O2S/c1-10-8-15(11(2)9-17-3)12(14-10)13-6-5-7-18(4)16/h8,11H,5-7,9H2,1-4H3,(H,13,14). The molecule has 0 amide bonds. The topological polar surface area (TPSA) is 56.1 Å². The molecule has 0 radical (unpaired) electrons. The Labute approximate surface area is 111 Å². The Morgan fingerprint density at radius 2 is 2.33 bits per heavy atom. The fourth-order valence-electron chi connectivity index (χ4n) is 1.78. The Bertz CT molecular complexity index is 393. The van der Waals surface area contributed by atoms with Gasteiger partial charge in [0.05, 0.1) is 18.3 Å². The summed E-state index contributed by atoms with van der Waals surface area (Å²) >= 11 is 0. The van der Waals surface area contributed by atoms with E-state index in [1.807, 2.05) is 13.1 Å². The molecule has 6 heteroatoms. The maximum absolute atomic E-state index is 11.0. The largest absolute Gasteiger partial charge is 0.383 e. The lowest BCUT2D eigenvalue weighted by Crippen LogP contribution is -2.15. The lowest BCUT2D eigenvalue weighted by Gasteiger charge is -2.16.